The third-order valence-electron chi connectivity index (χ3n) is 8.15. The number of alkyl halides is 3. The monoisotopic (exact) mass is 589 g/mol. The molecule has 3 aliphatic rings. The number of benzene rings is 3. The molecule has 0 radical (unpaired) electrons. The first-order valence-corrected chi connectivity index (χ1v) is 14.3. The van der Waals surface area contributed by atoms with Gasteiger partial charge in [-0.1, -0.05) is 60.1 Å². The molecular formula is C33H31ClF3N5. The van der Waals surface area contributed by atoms with Crippen LogP contribution in [-0.2, 0) is 11.7 Å². The first-order valence-electron chi connectivity index (χ1n) is 14.0. The molecule has 0 amide bonds. The molecule has 0 aliphatic carbocycles. The van der Waals surface area contributed by atoms with Crippen molar-refractivity contribution in [2.75, 3.05) is 44.2 Å². The van der Waals surface area contributed by atoms with Gasteiger partial charge in [0.25, 0.3) is 0 Å². The van der Waals surface area contributed by atoms with E-state index < -0.39 is 17.3 Å². The fourth-order valence-corrected chi connectivity index (χ4v) is 6.21. The summed E-state index contributed by atoms with van der Waals surface area (Å²) in [5.74, 6) is 0. The lowest BCUT2D eigenvalue weighted by Crippen LogP contribution is -2.47. The van der Waals surface area contributed by atoms with E-state index in [0.29, 0.717) is 36.9 Å². The smallest absolute Gasteiger partial charge is 0.369 e. The summed E-state index contributed by atoms with van der Waals surface area (Å²) in [6, 6.07) is 23.8. The van der Waals surface area contributed by atoms with E-state index in [1.807, 2.05) is 59.8 Å². The maximum absolute atomic E-state index is 13.3. The molecule has 0 bridgehead atoms. The maximum atomic E-state index is 13.3. The molecule has 42 heavy (non-hydrogen) atoms. The predicted molar refractivity (Wildman–Crippen MR) is 163 cm³/mol. The molecular weight excluding hydrogens is 559 g/mol. The Morgan fingerprint density at radius 1 is 0.881 bits per heavy atom. The van der Waals surface area contributed by atoms with Crippen molar-refractivity contribution in [3.05, 3.63) is 124 Å². The van der Waals surface area contributed by atoms with E-state index in [-0.39, 0.29) is 0 Å². The maximum Gasteiger partial charge on any atom is 0.416 e. The lowest BCUT2D eigenvalue weighted by molar-refractivity contribution is -0.137. The van der Waals surface area contributed by atoms with Crippen LogP contribution >= 0.6 is 11.6 Å². The van der Waals surface area contributed by atoms with Crippen molar-refractivity contribution in [3.63, 3.8) is 0 Å². The molecule has 0 saturated carbocycles. The van der Waals surface area contributed by atoms with Crippen molar-refractivity contribution in [3.8, 4) is 0 Å². The van der Waals surface area contributed by atoms with Gasteiger partial charge in [0.05, 0.1) is 17.8 Å². The van der Waals surface area contributed by atoms with Crippen LogP contribution in [-0.4, -0.2) is 61.0 Å². The molecule has 9 heteroatoms. The van der Waals surface area contributed by atoms with Gasteiger partial charge in [0, 0.05) is 73.3 Å². The molecule has 1 atom stereocenters. The minimum atomic E-state index is -4.36. The predicted octanol–water partition coefficient (Wildman–Crippen LogP) is 7.01. The van der Waals surface area contributed by atoms with Gasteiger partial charge in [-0.3, -0.25) is 14.9 Å². The molecule has 0 aromatic heterocycles. The third kappa shape index (κ3) is 5.37. The van der Waals surface area contributed by atoms with Crippen LogP contribution in [0.4, 0.5) is 18.9 Å². The highest BCUT2D eigenvalue weighted by atomic mass is 35.5. The number of halogens is 4. The lowest BCUT2D eigenvalue weighted by Gasteiger charge is -2.39. The zero-order chi connectivity index (χ0) is 29.3. The van der Waals surface area contributed by atoms with E-state index in [1.165, 1.54) is 12.1 Å². The van der Waals surface area contributed by atoms with Crippen LogP contribution in [0.5, 0.6) is 0 Å². The molecule has 5 nitrogen and oxygen atoms in total. The van der Waals surface area contributed by atoms with Crippen LogP contribution in [0.1, 0.15) is 23.6 Å². The minimum absolute atomic E-state index is 0.603. The highest BCUT2D eigenvalue weighted by Gasteiger charge is 2.47. The quantitative estimate of drug-likeness (QED) is 0.310. The van der Waals surface area contributed by atoms with Crippen molar-refractivity contribution in [2.24, 2.45) is 9.98 Å². The number of rotatable bonds is 6. The van der Waals surface area contributed by atoms with Crippen LogP contribution in [0.3, 0.4) is 0 Å². The minimum Gasteiger partial charge on any atom is -0.369 e. The Hall–Kier alpha value is -3.88. The highest BCUT2D eigenvalue weighted by Crippen LogP contribution is 2.48. The first-order chi connectivity index (χ1) is 20.3. The second kappa shape index (κ2) is 11.4. The largest absolute Gasteiger partial charge is 0.416 e. The molecule has 1 unspecified atom stereocenters. The normalized spacial score (nSPS) is 21.3. The van der Waals surface area contributed by atoms with Crippen LogP contribution < -0.4 is 4.90 Å². The summed E-state index contributed by atoms with van der Waals surface area (Å²) in [7, 11) is 0. The lowest BCUT2D eigenvalue weighted by atomic mass is 9.79. The zero-order valence-electron chi connectivity index (χ0n) is 23.2. The second-order valence-corrected chi connectivity index (χ2v) is 11.1. The molecule has 3 aromatic rings. The SMILES string of the molecule is CC1=NC(c2ccccc2)(c2ccc(Cl)cc2)C(N2C=CN=CC2)=C1CN1CCN(c2cccc(C(F)(F)F)c2)CC1. The first kappa shape index (κ1) is 28.2. The number of piperazine rings is 1. The summed E-state index contributed by atoms with van der Waals surface area (Å²) in [6.07, 6.45) is 1.34. The van der Waals surface area contributed by atoms with E-state index in [9.17, 15) is 13.2 Å². The summed E-state index contributed by atoms with van der Waals surface area (Å²) in [6.45, 7) is 6.06. The fraction of sp³-hybridized carbons (Fsp3) is 0.273. The van der Waals surface area contributed by atoms with Gasteiger partial charge in [-0.2, -0.15) is 13.2 Å². The van der Waals surface area contributed by atoms with Gasteiger partial charge >= 0.3 is 6.18 Å². The Labute approximate surface area is 248 Å². The summed E-state index contributed by atoms with van der Waals surface area (Å²) >= 11 is 6.31. The number of hydrogen-bond acceptors (Lipinski definition) is 5. The number of nitrogens with zero attached hydrogens (tertiary/aromatic N) is 5. The Morgan fingerprint density at radius 2 is 1.60 bits per heavy atom. The van der Waals surface area contributed by atoms with Gasteiger partial charge in [-0.15, -0.1) is 0 Å². The molecule has 3 aliphatic heterocycles. The molecule has 216 valence electrons. The van der Waals surface area contributed by atoms with Gasteiger partial charge in [0.15, 0.2) is 5.54 Å². The fourth-order valence-electron chi connectivity index (χ4n) is 6.08. The van der Waals surface area contributed by atoms with Gasteiger partial charge < -0.3 is 9.80 Å². The molecule has 0 N–H and O–H groups in total. The number of hydrogen-bond donors (Lipinski definition) is 0. The molecule has 3 aromatic carbocycles. The topological polar surface area (TPSA) is 34.4 Å². The van der Waals surface area contributed by atoms with Crippen LogP contribution in [0, 0.1) is 0 Å². The van der Waals surface area contributed by atoms with E-state index >= 15 is 0 Å². The Kier molecular flexibility index (Phi) is 7.68. The van der Waals surface area contributed by atoms with Gasteiger partial charge in [0.1, 0.15) is 0 Å². The van der Waals surface area contributed by atoms with Crippen molar-refractivity contribution in [2.45, 2.75) is 18.6 Å². The summed E-state index contributed by atoms with van der Waals surface area (Å²) in [5.41, 5.74) is 4.46. The van der Waals surface area contributed by atoms with Gasteiger partial charge in [0.2, 0.25) is 0 Å². The van der Waals surface area contributed by atoms with Crippen LogP contribution in [0.25, 0.3) is 0 Å². The summed E-state index contributed by atoms with van der Waals surface area (Å²) < 4.78 is 39.9. The molecule has 3 heterocycles. The Morgan fingerprint density at radius 3 is 2.26 bits per heavy atom. The highest BCUT2D eigenvalue weighted by molar-refractivity contribution is 6.30. The van der Waals surface area contributed by atoms with Crippen molar-refractivity contribution in [1.29, 1.82) is 0 Å². The molecule has 6 rings (SSSR count). The average Bonchev–Trinajstić information content (AvgIpc) is 3.30. The summed E-state index contributed by atoms with van der Waals surface area (Å²) in [4.78, 5) is 16.4. The summed E-state index contributed by atoms with van der Waals surface area (Å²) in [5, 5.41) is 0.662. The standard InChI is InChI=1S/C33H31ClF3N5/c1-24-30(23-40-18-20-41(21-19-40)29-9-5-8-27(22-29)33(35,36)37)31(42-16-14-38-15-17-42)32(39-24,25-6-3-2-4-7-25)26-10-12-28(34)13-11-26/h2-16,22H,17-21,23H2,1H3. The van der Waals surface area contributed by atoms with Crippen molar-refractivity contribution >= 4 is 29.2 Å². The Balaban J connectivity index is 1.35. The van der Waals surface area contributed by atoms with E-state index in [1.54, 1.807) is 12.3 Å². The second-order valence-electron chi connectivity index (χ2n) is 10.7. The van der Waals surface area contributed by atoms with Gasteiger partial charge in [-0.25, -0.2) is 0 Å². The molecule has 1 saturated heterocycles. The van der Waals surface area contributed by atoms with Crippen molar-refractivity contribution < 1.29 is 13.2 Å². The van der Waals surface area contributed by atoms with Crippen LogP contribution in [0.15, 0.2) is 113 Å². The van der Waals surface area contributed by atoms with E-state index in [4.69, 9.17) is 16.6 Å². The molecule has 1 fully saturated rings. The number of aliphatic imine (C=N–C) groups is 2. The van der Waals surface area contributed by atoms with Crippen LogP contribution in [0.2, 0.25) is 5.02 Å². The third-order valence-corrected chi connectivity index (χ3v) is 8.40. The Bertz CT molecular complexity index is 1550. The van der Waals surface area contributed by atoms with E-state index in [2.05, 4.69) is 33.8 Å². The van der Waals surface area contributed by atoms with Gasteiger partial charge in [-0.05, 0) is 48.4 Å². The zero-order valence-corrected chi connectivity index (χ0v) is 24.0. The van der Waals surface area contributed by atoms with Crippen molar-refractivity contribution in [1.82, 2.24) is 9.80 Å². The average molecular weight is 590 g/mol. The van der Waals surface area contributed by atoms with E-state index in [0.717, 1.165) is 47.3 Å². The number of anilines is 1. The molecule has 0 spiro atoms.